The maximum absolute atomic E-state index is 11.8. The van der Waals surface area contributed by atoms with Crippen LogP contribution in [0.1, 0.15) is 16.2 Å². The van der Waals surface area contributed by atoms with Gasteiger partial charge in [0.2, 0.25) is 5.95 Å². The Kier molecular flexibility index (Phi) is 2.95. The molecule has 82 valence electrons. The molecule has 2 N–H and O–H groups in total. The first kappa shape index (κ1) is 10.7. The van der Waals surface area contributed by atoms with Gasteiger partial charge >= 0.3 is 0 Å². The van der Waals surface area contributed by atoms with Crippen LogP contribution >= 0.6 is 15.9 Å². The van der Waals surface area contributed by atoms with Crippen LogP contribution in [-0.2, 0) is 0 Å². The molecular weight excluding hydrogens is 274 g/mol. The number of amides is 1. The molecular formula is C9H8BrN5O. The lowest BCUT2D eigenvalue weighted by molar-refractivity contribution is 0.102. The van der Waals surface area contributed by atoms with Gasteiger partial charge in [-0.15, -0.1) is 5.10 Å². The predicted molar refractivity (Wildman–Crippen MR) is 61.0 cm³/mol. The van der Waals surface area contributed by atoms with Crippen molar-refractivity contribution in [2.45, 2.75) is 6.92 Å². The number of halogens is 1. The number of pyridine rings is 1. The number of hydrogen-bond donors (Lipinski definition) is 2. The van der Waals surface area contributed by atoms with E-state index < -0.39 is 0 Å². The van der Waals surface area contributed by atoms with Crippen molar-refractivity contribution in [1.29, 1.82) is 0 Å². The average Bonchev–Trinajstić information content (AvgIpc) is 2.64. The third-order valence-corrected chi connectivity index (χ3v) is 2.46. The maximum atomic E-state index is 11.8. The summed E-state index contributed by atoms with van der Waals surface area (Å²) in [6.45, 7) is 1.75. The van der Waals surface area contributed by atoms with E-state index in [1.807, 2.05) is 0 Å². The molecule has 2 heterocycles. The van der Waals surface area contributed by atoms with E-state index >= 15 is 0 Å². The highest BCUT2D eigenvalue weighted by Gasteiger charge is 2.12. The standard InChI is InChI=1S/C9H8BrN5O/c1-5-12-9(15-14-5)13-8(16)6-3-2-4-11-7(6)10/h2-4H,1H3,(H2,12,13,14,15,16). The zero-order valence-electron chi connectivity index (χ0n) is 8.36. The van der Waals surface area contributed by atoms with E-state index in [9.17, 15) is 4.79 Å². The van der Waals surface area contributed by atoms with Crippen LogP contribution in [0.25, 0.3) is 0 Å². The largest absolute Gasteiger partial charge is 0.289 e. The Morgan fingerprint density at radius 1 is 1.56 bits per heavy atom. The topological polar surface area (TPSA) is 83.6 Å². The lowest BCUT2D eigenvalue weighted by Gasteiger charge is -2.01. The summed E-state index contributed by atoms with van der Waals surface area (Å²) < 4.78 is 0.486. The van der Waals surface area contributed by atoms with Crippen LogP contribution in [0.15, 0.2) is 22.9 Å². The van der Waals surface area contributed by atoms with E-state index in [0.717, 1.165) is 0 Å². The highest BCUT2D eigenvalue weighted by atomic mass is 79.9. The van der Waals surface area contributed by atoms with Gasteiger partial charge in [-0.2, -0.15) is 4.98 Å². The highest BCUT2D eigenvalue weighted by molar-refractivity contribution is 9.10. The fraction of sp³-hybridized carbons (Fsp3) is 0.111. The van der Waals surface area contributed by atoms with Gasteiger partial charge in [-0.1, -0.05) is 0 Å². The Hall–Kier alpha value is -1.76. The summed E-state index contributed by atoms with van der Waals surface area (Å²) in [7, 11) is 0. The summed E-state index contributed by atoms with van der Waals surface area (Å²) in [5.41, 5.74) is 0.435. The maximum Gasteiger partial charge on any atom is 0.260 e. The first-order valence-corrected chi connectivity index (χ1v) is 5.27. The number of aromatic amines is 1. The number of hydrogen-bond acceptors (Lipinski definition) is 4. The Labute approximate surface area is 99.6 Å². The summed E-state index contributed by atoms with van der Waals surface area (Å²) >= 11 is 3.19. The zero-order chi connectivity index (χ0) is 11.5. The van der Waals surface area contributed by atoms with Crippen molar-refractivity contribution in [3.63, 3.8) is 0 Å². The minimum absolute atomic E-state index is 0.248. The number of nitrogens with one attached hydrogen (secondary N) is 2. The normalized spacial score (nSPS) is 10.1. The van der Waals surface area contributed by atoms with E-state index in [1.54, 1.807) is 25.3 Å². The zero-order valence-corrected chi connectivity index (χ0v) is 9.95. The molecule has 2 aromatic heterocycles. The van der Waals surface area contributed by atoms with Gasteiger partial charge < -0.3 is 0 Å². The fourth-order valence-electron chi connectivity index (χ4n) is 1.12. The third kappa shape index (κ3) is 2.25. The van der Waals surface area contributed by atoms with E-state index in [0.29, 0.717) is 16.0 Å². The van der Waals surface area contributed by atoms with Crippen molar-refractivity contribution in [1.82, 2.24) is 20.2 Å². The summed E-state index contributed by atoms with van der Waals surface area (Å²) in [6.07, 6.45) is 1.60. The third-order valence-electron chi connectivity index (χ3n) is 1.83. The van der Waals surface area contributed by atoms with Crippen molar-refractivity contribution in [3.05, 3.63) is 34.3 Å². The number of H-pyrrole nitrogens is 1. The summed E-state index contributed by atoms with van der Waals surface area (Å²) in [4.78, 5) is 19.7. The molecule has 0 atom stereocenters. The number of nitrogens with zero attached hydrogens (tertiary/aromatic N) is 3. The number of aryl methyl sites for hydroxylation is 1. The summed E-state index contributed by atoms with van der Waals surface area (Å²) in [5.74, 6) is 0.581. The Morgan fingerprint density at radius 2 is 2.38 bits per heavy atom. The lowest BCUT2D eigenvalue weighted by atomic mass is 10.3. The van der Waals surface area contributed by atoms with E-state index in [-0.39, 0.29) is 11.9 Å². The Bertz CT molecular complexity index is 524. The van der Waals surface area contributed by atoms with E-state index in [4.69, 9.17) is 0 Å². The Morgan fingerprint density at radius 3 is 3.00 bits per heavy atom. The lowest BCUT2D eigenvalue weighted by Crippen LogP contribution is -2.14. The van der Waals surface area contributed by atoms with E-state index in [1.165, 1.54) is 0 Å². The second-order valence-electron chi connectivity index (χ2n) is 3.04. The molecule has 0 aliphatic rings. The van der Waals surface area contributed by atoms with E-state index in [2.05, 4.69) is 41.4 Å². The van der Waals surface area contributed by atoms with Gasteiger partial charge in [0.15, 0.2) is 0 Å². The predicted octanol–water partition coefficient (Wildman–Crippen LogP) is 1.52. The molecule has 0 unspecified atom stereocenters. The molecule has 0 aromatic carbocycles. The van der Waals surface area contributed by atoms with Crippen LogP contribution in [0.4, 0.5) is 5.95 Å². The van der Waals surface area contributed by atoms with Gasteiger partial charge in [0.25, 0.3) is 5.91 Å². The summed E-state index contributed by atoms with van der Waals surface area (Å²) in [5, 5.41) is 9.00. The first-order chi connectivity index (χ1) is 7.66. The Balaban J connectivity index is 2.18. The summed E-state index contributed by atoms with van der Waals surface area (Å²) in [6, 6.07) is 3.34. The minimum atomic E-state index is -0.307. The molecule has 0 bridgehead atoms. The quantitative estimate of drug-likeness (QED) is 0.818. The number of anilines is 1. The molecule has 0 saturated heterocycles. The molecule has 0 saturated carbocycles. The van der Waals surface area contributed by atoms with Crippen LogP contribution in [0.2, 0.25) is 0 Å². The highest BCUT2D eigenvalue weighted by Crippen LogP contribution is 2.13. The SMILES string of the molecule is Cc1nc(NC(=O)c2cccnc2Br)n[nH]1. The number of rotatable bonds is 2. The van der Waals surface area contributed by atoms with Crippen LogP contribution in [0.3, 0.4) is 0 Å². The van der Waals surface area contributed by atoms with Gasteiger partial charge in [-0.3, -0.25) is 15.2 Å². The van der Waals surface area contributed by atoms with Gasteiger partial charge in [0.05, 0.1) is 5.56 Å². The molecule has 0 radical (unpaired) electrons. The van der Waals surface area contributed by atoms with Gasteiger partial charge in [0, 0.05) is 6.20 Å². The van der Waals surface area contributed by atoms with Crippen LogP contribution in [-0.4, -0.2) is 26.1 Å². The molecule has 2 aromatic rings. The molecule has 6 nitrogen and oxygen atoms in total. The van der Waals surface area contributed by atoms with Gasteiger partial charge in [0.1, 0.15) is 10.4 Å². The number of carbonyl (C=O) groups excluding carboxylic acids is 1. The molecule has 0 aliphatic heterocycles. The fourth-order valence-corrected chi connectivity index (χ4v) is 1.55. The van der Waals surface area contributed by atoms with Crippen LogP contribution in [0.5, 0.6) is 0 Å². The molecule has 7 heteroatoms. The first-order valence-electron chi connectivity index (χ1n) is 4.47. The monoisotopic (exact) mass is 281 g/mol. The smallest absolute Gasteiger partial charge is 0.260 e. The van der Waals surface area contributed by atoms with Gasteiger partial charge in [-0.05, 0) is 35.0 Å². The van der Waals surface area contributed by atoms with Crippen molar-refractivity contribution < 1.29 is 4.79 Å². The van der Waals surface area contributed by atoms with Crippen molar-refractivity contribution in [2.24, 2.45) is 0 Å². The molecule has 1 amide bonds. The van der Waals surface area contributed by atoms with Crippen molar-refractivity contribution in [2.75, 3.05) is 5.32 Å². The van der Waals surface area contributed by atoms with Crippen LogP contribution in [0, 0.1) is 6.92 Å². The second-order valence-corrected chi connectivity index (χ2v) is 3.79. The van der Waals surface area contributed by atoms with Crippen LogP contribution < -0.4 is 5.32 Å². The molecule has 0 fully saturated rings. The van der Waals surface area contributed by atoms with Crippen molar-refractivity contribution >= 4 is 27.8 Å². The minimum Gasteiger partial charge on any atom is -0.289 e. The molecule has 0 spiro atoms. The average molecular weight is 282 g/mol. The van der Waals surface area contributed by atoms with Gasteiger partial charge in [-0.25, -0.2) is 4.98 Å². The number of carbonyl (C=O) groups is 1. The second kappa shape index (κ2) is 4.40. The molecule has 2 rings (SSSR count). The molecule has 16 heavy (non-hydrogen) atoms. The van der Waals surface area contributed by atoms with Crippen molar-refractivity contribution in [3.8, 4) is 0 Å². The molecule has 0 aliphatic carbocycles. The number of aromatic nitrogens is 4.